The van der Waals surface area contributed by atoms with E-state index in [1.54, 1.807) is 23.7 Å². The summed E-state index contributed by atoms with van der Waals surface area (Å²) in [4.78, 5) is 10.6. The lowest BCUT2D eigenvalue weighted by Gasteiger charge is -2.19. The fraction of sp³-hybridized carbons (Fsp3) is 0.476. The van der Waals surface area contributed by atoms with E-state index in [-0.39, 0.29) is 6.10 Å². The maximum Gasteiger partial charge on any atom is 0.232 e. The second-order valence-electron chi connectivity index (χ2n) is 7.01. The Morgan fingerprint density at radius 3 is 2.68 bits per heavy atom. The molecule has 3 rings (SSSR count). The molecule has 0 aliphatic carbocycles. The van der Waals surface area contributed by atoms with Crippen LogP contribution in [0.2, 0.25) is 0 Å². The summed E-state index contributed by atoms with van der Waals surface area (Å²) in [6.07, 6.45) is 5.34. The van der Waals surface area contributed by atoms with E-state index in [0.29, 0.717) is 17.1 Å². The van der Waals surface area contributed by atoms with Gasteiger partial charge in [0.2, 0.25) is 11.8 Å². The molecule has 150 valence electrons. The molecule has 0 spiro atoms. The molecule has 0 bridgehead atoms. The van der Waals surface area contributed by atoms with Crippen molar-refractivity contribution >= 4 is 5.65 Å². The van der Waals surface area contributed by atoms with E-state index in [2.05, 4.69) is 40.7 Å². The van der Waals surface area contributed by atoms with Gasteiger partial charge in [0.05, 0.1) is 18.0 Å². The summed E-state index contributed by atoms with van der Waals surface area (Å²) in [5, 5.41) is 4.58. The molecule has 1 atom stereocenters. The van der Waals surface area contributed by atoms with E-state index in [1.165, 1.54) is 6.20 Å². The van der Waals surface area contributed by atoms with Crippen LogP contribution in [0.15, 0.2) is 30.6 Å². The molecular weight excluding hydrogens is 357 g/mol. The molecule has 7 heteroatoms. The van der Waals surface area contributed by atoms with Crippen molar-refractivity contribution in [3.8, 4) is 17.1 Å². The monoisotopic (exact) mass is 385 g/mol. The molecule has 0 saturated carbocycles. The van der Waals surface area contributed by atoms with Gasteiger partial charge in [-0.3, -0.25) is 0 Å². The highest BCUT2D eigenvalue weighted by atomic mass is 19.1. The molecule has 0 fully saturated rings. The minimum absolute atomic E-state index is 0.0715. The van der Waals surface area contributed by atoms with E-state index in [0.717, 1.165) is 43.7 Å². The molecular formula is C21H28FN5O. The quantitative estimate of drug-likeness (QED) is 0.519. The Kier molecular flexibility index (Phi) is 6.57. The molecule has 0 amide bonds. The predicted octanol–water partition coefficient (Wildman–Crippen LogP) is 4.13. The molecule has 0 saturated heterocycles. The number of ether oxygens (including phenoxy) is 1. The summed E-state index contributed by atoms with van der Waals surface area (Å²) in [5.41, 5.74) is 2.72. The topological polar surface area (TPSA) is 55.5 Å². The van der Waals surface area contributed by atoms with E-state index >= 15 is 0 Å². The highest BCUT2D eigenvalue weighted by Crippen LogP contribution is 2.22. The number of hydrogen-bond donors (Lipinski definition) is 0. The SMILES string of the molecule is CCN(CC)CCCC(C)Oc1ccc2ncc(-c3cnc(F)c(C)c3)n2n1. The molecule has 6 nitrogen and oxygen atoms in total. The number of aryl methyl sites for hydroxylation is 1. The van der Waals surface area contributed by atoms with Crippen LogP contribution in [-0.2, 0) is 0 Å². The lowest BCUT2D eigenvalue weighted by Crippen LogP contribution is -2.25. The maximum atomic E-state index is 13.5. The molecule has 0 aliphatic rings. The van der Waals surface area contributed by atoms with Gasteiger partial charge in [-0.05, 0) is 58.5 Å². The Morgan fingerprint density at radius 1 is 1.18 bits per heavy atom. The molecule has 3 aromatic rings. The van der Waals surface area contributed by atoms with Crippen molar-refractivity contribution in [2.45, 2.75) is 46.6 Å². The number of aromatic nitrogens is 4. The molecule has 1 unspecified atom stereocenters. The van der Waals surface area contributed by atoms with Crippen LogP contribution < -0.4 is 4.74 Å². The van der Waals surface area contributed by atoms with Gasteiger partial charge >= 0.3 is 0 Å². The van der Waals surface area contributed by atoms with Crippen LogP contribution >= 0.6 is 0 Å². The van der Waals surface area contributed by atoms with Crippen LogP contribution in [0.25, 0.3) is 16.9 Å². The summed E-state index contributed by atoms with van der Waals surface area (Å²) in [7, 11) is 0. The molecule has 0 N–H and O–H groups in total. The maximum absolute atomic E-state index is 13.5. The van der Waals surface area contributed by atoms with Gasteiger partial charge < -0.3 is 9.64 Å². The van der Waals surface area contributed by atoms with Crippen molar-refractivity contribution in [3.05, 3.63) is 42.1 Å². The number of nitrogens with zero attached hydrogens (tertiary/aromatic N) is 5. The number of imidazole rings is 1. The Hall–Kier alpha value is -2.54. The van der Waals surface area contributed by atoms with Crippen LogP contribution in [0, 0.1) is 12.9 Å². The first-order valence-electron chi connectivity index (χ1n) is 9.88. The molecule has 3 heterocycles. The Bertz CT molecular complexity index is 922. The number of halogens is 1. The Morgan fingerprint density at radius 2 is 1.96 bits per heavy atom. The van der Waals surface area contributed by atoms with E-state index in [4.69, 9.17) is 4.74 Å². The van der Waals surface area contributed by atoms with E-state index in [1.807, 2.05) is 12.1 Å². The van der Waals surface area contributed by atoms with Gasteiger partial charge in [0, 0.05) is 23.4 Å². The van der Waals surface area contributed by atoms with Gasteiger partial charge in [0.15, 0.2) is 5.65 Å². The zero-order valence-corrected chi connectivity index (χ0v) is 17.0. The highest BCUT2D eigenvalue weighted by Gasteiger charge is 2.12. The number of rotatable bonds is 9. The van der Waals surface area contributed by atoms with Crippen LogP contribution in [0.1, 0.15) is 39.2 Å². The van der Waals surface area contributed by atoms with Crippen molar-refractivity contribution in [2.75, 3.05) is 19.6 Å². The molecule has 0 aromatic carbocycles. The minimum atomic E-state index is -0.465. The smallest absolute Gasteiger partial charge is 0.232 e. The van der Waals surface area contributed by atoms with E-state index in [9.17, 15) is 4.39 Å². The van der Waals surface area contributed by atoms with Crippen LogP contribution in [0.4, 0.5) is 4.39 Å². The second kappa shape index (κ2) is 9.10. The first-order valence-corrected chi connectivity index (χ1v) is 9.88. The first-order chi connectivity index (χ1) is 13.5. The Balaban J connectivity index is 1.72. The molecule has 28 heavy (non-hydrogen) atoms. The van der Waals surface area contributed by atoms with Crippen molar-refractivity contribution in [1.82, 2.24) is 24.5 Å². The number of fused-ring (bicyclic) bond motifs is 1. The van der Waals surface area contributed by atoms with Gasteiger partial charge in [0.1, 0.15) is 0 Å². The number of pyridine rings is 1. The fourth-order valence-corrected chi connectivity index (χ4v) is 3.22. The normalized spacial score (nSPS) is 12.6. The van der Waals surface area contributed by atoms with Crippen LogP contribution in [0.3, 0.4) is 0 Å². The predicted molar refractivity (Wildman–Crippen MR) is 108 cm³/mol. The number of hydrogen-bond acceptors (Lipinski definition) is 5. The van der Waals surface area contributed by atoms with Gasteiger partial charge in [-0.25, -0.2) is 14.5 Å². The molecule has 0 aliphatic heterocycles. The van der Waals surface area contributed by atoms with Gasteiger partial charge in [-0.1, -0.05) is 13.8 Å². The van der Waals surface area contributed by atoms with Crippen molar-refractivity contribution in [3.63, 3.8) is 0 Å². The zero-order chi connectivity index (χ0) is 20.1. The Labute approximate surface area is 165 Å². The zero-order valence-electron chi connectivity index (χ0n) is 17.0. The lowest BCUT2D eigenvalue weighted by atomic mass is 10.2. The summed E-state index contributed by atoms with van der Waals surface area (Å²) in [6, 6.07) is 5.45. The fourth-order valence-electron chi connectivity index (χ4n) is 3.22. The average Bonchev–Trinajstić information content (AvgIpc) is 3.10. The van der Waals surface area contributed by atoms with Gasteiger partial charge in [0.25, 0.3) is 0 Å². The van der Waals surface area contributed by atoms with Gasteiger partial charge in [-0.2, -0.15) is 4.39 Å². The minimum Gasteiger partial charge on any atom is -0.474 e. The summed E-state index contributed by atoms with van der Waals surface area (Å²) in [6.45, 7) is 11.4. The average molecular weight is 385 g/mol. The molecule has 3 aromatic heterocycles. The third-order valence-corrected chi connectivity index (χ3v) is 4.95. The summed E-state index contributed by atoms with van der Waals surface area (Å²) >= 11 is 0. The molecule has 0 radical (unpaired) electrons. The standard InChI is InChI=1S/C21H28FN5O/c1-5-26(6-2)11-7-8-16(4)28-20-10-9-19-23-14-18(27(19)25-20)17-12-15(3)21(22)24-13-17/h9-10,12-14,16H,5-8,11H2,1-4H3. The van der Waals surface area contributed by atoms with Gasteiger partial charge in [-0.15, -0.1) is 5.10 Å². The second-order valence-corrected chi connectivity index (χ2v) is 7.01. The van der Waals surface area contributed by atoms with Crippen molar-refractivity contribution in [2.24, 2.45) is 0 Å². The highest BCUT2D eigenvalue weighted by molar-refractivity contribution is 5.62. The van der Waals surface area contributed by atoms with E-state index < -0.39 is 5.95 Å². The lowest BCUT2D eigenvalue weighted by molar-refractivity contribution is 0.186. The third kappa shape index (κ3) is 4.65. The summed E-state index contributed by atoms with van der Waals surface area (Å²) < 4.78 is 21.2. The largest absolute Gasteiger partial charge is 0.474 e. The van der Waals surface area contributed by atoms with Crippen molar-refractivity contribution < 1.29 is 9.13 Å². The summed E-state index contributed by atoms with van der Waals surface area (Å²) in [5.74, 6) is 0.0852. The third-order valence-electron chi connectivity index (χ3n) is 4.95. The first kappa shape index (κ1) is 20.2. The van der Waals surface area contributed by atoms with Crippen molar-refractivity contribution in [1.29, 1.82) is 0 Å². The van der Waals surface area contributed by atoms with Crippen LogP contribution in [0.5, 0.6) is 5.88 Å². The van der Waals surface area contributed by atoms with Crippen LogP contribution in [-0.4, -0.2) is 50.2 Å².